The Bertz CT molecular complexity index is 531. The van der Waals surface area contributed by atoms with Crippen LogP contribution in [0.2, 0.25) is 5.02 Å². The van der Waals surface area contributed by atoms with Crippen LogP contribution in [-0.2, 0) is 0 Å². The summed E-state index contributed by atoms with van der Waals surface area (Å²) in [6.45, 7) is 3.05. The number of benzene rings is 1. The molecule has 2 bridgehead atoms. The van der Waals surface area contributed by atoms with E-state index >= 15 is 0 Å². The highest BCUT2D eigenvalue weighted by molar-refractivity contribution is 6.30. The fraction of sp³-hybridized carbons (Fsp3) is 0.632. The van der Waals surface area contributed by atoms with Crippen LogP contribution < -0.4 is 0 Å². The smallest absolute Gasteiger partial charge is 0.254 e. The number of piperidine rings is 1. The third kappa shape index (κ3) is 3.56. The number of halogens is 1. The maximum atomic E-state index is 13.0. The van der Waals surface area contributed by atoms with Gasteiger partial charge in [0, 0.05) is 35.3 Å². The van der Waals surface area contributed by atoms with Crippen LogP contribution in [0.15, 0.2) is 24.3 Å². The van der Waals surface area contributed by atoms with Crippen LogP contribution in [0.1, 0.15) is 55.8 Å². The van der Waals surface area contributed by atoms with Crippen LogP contribution in [-0.4, -0.2) is 47.4 Å². The van der Waals surface area contributed by atoms with Crippen LogP contribution in [0, 0.1) is 0 Å². The van der Waals surface area contributed by atoms with Crippen LogP contribution in [0.4, 0.5) is 0 Å². The van der Waals surface area contributed by atoms with Gasteiger partial charge in [-0.15, -0.1) is 0 Å². The zero-order valence-electron chi connectivity index (χ0n) is 14.2. The minimum absolute atomic E-state index is 0.170. The summed E-state index contributed by atoms with van der Waals surface area (Å²) >= 11 is 5.96. The SMILES string of the molecule is CCCCN(C(=O)c1ccc(Cl)cc1)C1C[C@H]2CC[C@H](C1)N2C. The number of rotatable bonds is 5. The Morgan fingerprint density at radius 1 is 1.22 bits per heavy atom. The predicted octanol–water partition coefficient (Wildman–Crippen LogP) is 4.21. The summed E-state index contributed by atoms with van der Waals surface area (Å²) in [5.74, 6) is 0.170. The van der Waals surface area contributed by atoms with E-state index in [0.29, 0.717) is 23.1 Å². The molecule has 0 saturated carbocycles. The van der Waals surface area contributed by atoms with E-state index in [1.165, 1.54) is 12.8 Å². The highest BCUT2D eigenvalue weighted by Gasteiger charge is 2.41. The summed E-state index contributed by atoms with van der Waals surface area (Å²) in [4.78, 5) is 17.7. The van der Waals surface area contributed by atoms with Gasteiger partial charge in [0.1, 0.15) is 0 Å². The summed E-state index contributed by atoms with van der Waals surface area (Å²) in [5.41, 5.74) is 0.761. The van der Waals surface area contributed by atoms with Crippen molar-refractivity contribution in [2.45, 2.75) is 63.6 Å². The van der Waals surface area contributed by atoms with Gasteiger partial charge >= 0.3 is 0 Å². The van der Waals surface area contributed by atoms with Gasteiger partial charge in [-0.25, -0.2) is 0 Å². The zero-order valence-corrected chi connectivity index (χ0v) is 14.9. The van der Waals surface area contributed by atoms with Gasteiger partial charge in [0.15, 0.2) is 0 Å². The van der Waals surface area contributed by atoms with Gasteiger partial charge in [-0.2, -0.15) is 0 Å². The van der Waals surface area contributed by atoms with Gasteiger partial charge in [0.2, 0.25) is 0 Å². The maximum absolute atomic E-state index is 13.0. The van der Waals surface area contributed by atoms with Gasteiger partial charge in [0.05, 0.1) is 0 Å². The standard InChI is InChI=1S/C19H27ClN2O/c1-3-4-11-22(19(23)14-5-7-15(20)8-6-14)18-12-16-9-10-17(13-18)21(16)2/h5-8,16-18H,3-4,9-13H2,1-2H3/t16-,17-/m1/s1. The van der Waals surface area contributed by atoms with Crippen molar-refractivity contribution in [1.29, 1.82) is 0 Å². The van der Waals surface area contributed by atoms with Gasteiger partial charge in [-0.3, -0.25) is 4.79 Å². The molecule has 2 saturated heterocycles. The maximum Gasteiger partial charge on any atom is 0.254 e. The number of hydrogen-bond donors (Lipinski definition) is 0. The lowest BCUT2D eigenvalue weighted by atomic mass is 9.95. The molecule has 0 aromatic heterocycles. The average Bonchev–Trinajstić information content (AvgIpc) is 2.76. The molecule has 1 aromatic carbocycles. The molecular weight excluding hydrogens is 308 g/mol. The molecule has 3 rings (SSSR count). The van der Waals surface area contributed by atoms with Crippen molar-refractivity contribution in [3.8, 4) is 0 Å². The Hall–Kier alpha value is -1.06. The van der Waals surface area contributed by atoms with Gasteiger partial charge < -0.3 is 9.80 Å². The van der Waals surface area contributed by atoms with E-state index in [2.05, 4.69) is 23.8 Å². The van der Waals surface area contributed by atoms with Gasteiger partial charge in [0.25, 0.3) is 5.91 Å². The van der Waals surface area contributed by atoms with Crippen LogP contribution in [0.25, 0.3) is 0 Å². The molecule has 2 atom stereocenters. The van der Waals surface area contributed by atoms with E-state index in [4.69, 9.17) is 11.6 Å². The molecule has 4 heteroatoms. The number of amides is 1. The van der Waals surface area contributed by atoms with Crippen molar-refractivity contribution >= 4 is 17.5 Å². The Morgan fingerprint density at radius 3 is 2.39 bits per heavy atom. The topological polar surface area (TPSA) is 23.6 Å². The molecule has 2 aliphatic heterocycles. The lowest BCUT2D eigenvalue weighted by Gasteiger charge is -2.42. The predicted molar refractivity (Wildman–Crippen MR) is 95.0 cm³/mol. The van der Waals surface area contributed by atoms with Gasteiger partial charge in [-0.05, 0) is 63.4 Å². The molecule has 2 aliphatic rings. The lowest BCUT2D eigenvalue weighted by Crippen LogP contribution is -2.51. The van der Waals surface area contributed by atoms with E-state index < -0.39 is 0 Å². The third-order valence-electron chi connectivity index (χ3n) is 5.62. The molecule has 0 aliphatic carbocycles. The first-order chi connectivity index (χ1) is 11.1. The molecule has 0 radical (unpaired) electrons. The first kappa shape index (κ1) is 16.8. The van der Waals surface area contributed by atoms with Crippen molar-refractivity contribution in [3.63, 3.8) is 0 Å². The molecule has 0 spiro atoms. The summed E-state index contributed by atoms with van der Waals surface area (Å²) < 4.78 is 0. The molecule has 1 aromatic rings. The van der Waals surface area contributed by atoms with E-state index in [1.807, 2.05) is 24.3 Å². The first-order valence-corrected chi connectivity index (χ1v) is 9.26. The van der Waals surface area contributed by atoms with Crippen molar-refractivity contribution in [1.82, 2.24) is 9.80 Å². The molecule has 3 nitrogen and oxygen atoms in total. The summed E-state index contributed by atoms with van der Waals surface area (Å²) in [5, 5.41) is 0.680. The summed E-state index contributed by atoms with van der Waals surface area (Å²) in [7, 11) is 2.25. The minimum Gasteiger partial charge on any atom is -0.336 e. The molecule has 0 unspecified atom stereocenters. The Labute approximate surface area is 144 Å². The number of nitrogens with zero attached hydrogens (tertiary/aromatic N) is 2. The Morgan fingerprint density at radius 2 is 1.83 bits per heavy atom. The Balaban J connectivity index is 1.77. The van der Waals surface area contributed by atoms with Crippen LogP contribution in [0.5, 0.6) is 0 Å². The quantitative estimate of drug-likeness (QED) is 0.805. The normalized spacial score (nSPS) is 27.2. The van der Waals surface area contributed by atoms with E-state index in [1.54, 1.807) is 0 Å². The highest BCUT2D eigenvalue weighted by atomic mass is 35.5. The number of carbonyl (C=O) groups excluding carboxylic acids is 1. The number of carbonyl (C=O) groups is 1. The van der Waals surface area contributed by atoms with E-state index in [9.17, 15) is 4.79 Å². The monoisotopic (exact) mass is 334 g/mol. The first-order valence-electron chi connectivity index (χ1n) is 8.88. The molecule has 126 valence electrons. The number of hydrogen-bond acceptors (Lipinski definition) is 2. The molecule has 1 amide bonds. The number of unbranched alkanes of at least 4 members (excludes halogenated alkanes) is 1. The van der Waals surface area contributed by atoms with Crippen molar-refractivity contribution in [3.05, 3.63) is 34.9 Å². The third-order valence-corrected chi connectivity index (χ3v) is 5.87. The molecule has 2 heterocycles. The van der Waals surface area contributed by atoms with Gasteiger partial charge in [-0.1, -0.05) is 24.9 Å². The average molecular weight is 335 g/mol. The fourth-order valence-electron chi connectivity index (χ4n) is 4.17. The van der Waals surface area contributed by atoms with E-state index in [0.717, 1.165) is 37.8 Å². The molecular formula is C19H27ClN2O. The largest absolute Gasteiger partial charge is 0.336 e. The van der Waals surface area contributed by atoms with Crippen molar-refractivity contribution in [2.24, 2.45) is 0 Å². The summed E-state index contributed by atoms with van der Waals surface area (Å²) in [6.07, 6.45) is 7.00. The second-order valence-corrected chi connectivity index (χ2v) is 7.47. The number of fused-ring (bicyclic) bond motifs is 2. The second-order valence-electron chi connectivity index (χ2n) is 7.03. The highest BCUT2D eigenvalue weighted by Crippen LogP contribution is 2.36. The zero-order chi connectivity index (χ0) is 16.4. The summed E-state index contributed by atoms with van der Waals surface area (Å²) in [6, 6.07) is 9.02. The molecule has 2 fully saturated rings. The lowest BCUT2D eigenvalue weighted by molar-refractivity contribution is 0.0480. The fourth-order valence-corrected chi connectivity index (χ4v) is 4.30. The van der Waals surface area contributed by atoms with Crippen LogP contribution >= 0.6 is 11.6 Å². The molecule has 23 heavy (non-hydrogen) atoms. The van der Waals surface area contributed by atoms with Crippen LogP contribution in [0.3, 0.4) is 0 Å². The van der Waals surface area contributed by atoms with Crippen molar-refractivity contribution < 1.29 is 4.79 Å². The van der Waals surface area contributed by atoms with Crippen molar-refractivity contribution in [2.75, 3.05) is 13.6 Å². The minimum atomic E-state index is 0.170. The molecule has 0 N–H and O–H groups in total. The second kappa shape index (κ2) is 7.23. The Kier molecular flexibility index (Phi) is 5.27. The van der Waals surface area contributed by atoms with E-state index in [-0.39, 0.29) is 5.91 Å².